The van der Waals surface area contributed by atoms with E-state index in [-0.39, 0.29) is 0 Å². The SMILES string of the molecule is n1nc(Sc2nn[nH]n2)n[nH]1. The van der Waals surface area contributed by atoms with Crippen LogP contribution in [0, 0.1) is 0 Å². The van der Waals surface area contributed by atoms with E-state index in [1.54, 1.807) is 0 Å². The van der Waals surface area contributed by atoms with Crippen LogP contribution in [0.2, 0.25) is 0 Å². The minimum absolute atomic E-state index is 0.464. The molecule has 0 saturated heterocycles. The largest absolute Gasteiger partial charge is 0.238 e. The number of nitrogens with zero attached hydrogens (tertiary/aromatic N) is 6. The summed E-state index contributed by atoms with van der Waals surface area (Å²) in [7, 11) is 0. The number of hydrogen-bond donors (Lipinski definition) is 2. The molecule has 0 unspecified atom stereocenters. The second kappa shape index (κ2) is 2.62. The summed E-state index contributed by atoms with van der Waals surface area (Å²) < 4.78 is 0. The maximum Gasteiger partial charge on any atom is 0.238 e. The van der Waals surface area contributed by atoms with Gasteiger partial charge in [-0.2, -0.15) is 10.4 Å². The lowest BCUT2D eigenvalue weighted by atomic mass is 11.4. The Balaban J connectivity index is 2.14. The Hall–Kier alpha value is -1.51. The Morgan fingerprint density at radius 2 is 1.45 bits per heavy atom. The molecule has 8 nitrogen and oxygen atoms in total. The van der Waals surface area contributed by atoms with Crippen molar-refractivity contribution in [3.8, 4) is 0 Å². The highest BCUT2D eigenvalue weighted by molar-refractivity contribution is 7.99. The van der Waals surface area contributed by atoms with E-state index in [1.165, 1.54) is 11.8 Å². The van der Waals surface area contributed by atoms with Crippen molar-refractivity contribution in [1.29, 1.82) is 0 Å². The summed E-state index contributed by atoms with van der Waals surface area (Å²) >= 11 is 1.17. The average molecular weight is 170 g/mol. The van der Waals surface area contributed by atoms with Gasteiger partial charge in [0.1, 0.15) is 0 Å². The molecule has 0 aliphatic rings. The van der Waals surface area contributed by atoms with Gasteiger partial charge in [0.05, 0.1) is 0 Å². The molecule has 9 heteroatoms. The molecule has 0 aliphatic heterocycles. The molecular weight excluding hydrogens is 168 g/mol. The first-order valence-corrected chi connectivity index (χ1v) is 3.41. The molecule has 2 aromatic rings. The molecule has 2 heterocycles. The zero-order valence-electron chi connectivity index (χ0n) is 5.09. The van der Waals surface area contributed by atoms with Gasteiger partial charge in [0.2, 0.25) is 10.3 Å². The predicted molar refractivity (Wildman–Crippen MR) is 32.5 cm³/mol. The Labute approximate surface area is 64.2 Å². The first-order valence-electron chi connectivity index (χ1n) is 2.60. The molecule has 0 radical (unpaired) electrons. The second-order valence-electron chi connectivity index (χ2n) is 1.49. The van der Waals surface area contributed by atoms with Crippen LogP contribution in [0.4, 0.5) is 0 Å². The van der Waals surface area contributed by atoms with E-state index in [0.717, 1.165) is 0 Å². The monoisotopic (exact) mass is 170 g/mol. The maximum atomic E-state index is 3.69. The fourth-order valence-corrected chi connectivity index (χ4v) is 0.973. The van der Waals surface area contributed by atoms with Crippen LogP contribution in [0.25, 0.3) is 0 Å². The number of aromatic nitrogens is 8. The lowest BCUT2D eigenvalue weighted by Crippen LogP contribution is -1.78. The normalized spacial score (nSPS) is 10.2. The minimum atomic E-state index is 0.464. The summed E-state index contributed by atoms with van der Waals surface area (Å²) in [5, 5.41) is 27.0. The van der Waals surface area contributed by atoms with Crippen molar-refractivity contribution in [2.24, 2.45) is 0 Å². The van der Waals surface area contributed by atoms with Crippen molar-refractivity contribution in [2.45, 2.75) is 10.3 Å². The topological polar surface area (TPSA) is 109 Å². The smallest absolute Gasteiger partial charge is 0.176 e. The van der Waals surface area contributed by atoms with Crippen molar-refractivity contribution in [2.75, 3.05) is 0 Å². The van der Waals surface area contributed by atoms with E-state index in [9.17, 15) is 0 Å². The molecule has 56 valence electrons. The van der Waals surface area contributed by atoms with Crippen molar-refractivity contribution >= 4 is 11.8 Å². The third-order valence-electron chi connectivity index (χ3n) is 0.834. The van der Waals surface area contributed by atoms with Gasteiger partial charge in [0.25, 0.3) is 0 Å². The van der Waals surface area contributed by atoms with Crippen LogP contribution in [0.3, 0.4) is 0 Å². The zero-order chi connectivity index (χ0) is 7.52. The molecule has 2 aromatic heterocycles. The summed E-state index contributed by atoms with van der Waals surface area (Å²) in [5.74, 6) is 0. The summed E-state index contributed by atoms with van der Waals surface area (Å²) in [6, 6.07) is 0. The summed E-state index contributed by atoms with van der Waals surface area (Å²) in [5.41, 5.74) is 0. The second-order valence-corrected chi connectivity index (χ2v) is 2.43. The molecule has 0 fully saturated rings. The van der Waals surface area contributed by atoms with Gasteiger partial charge in [-0.25, -0.2) is 0 Å². The van der Waals surface area contributed by atoms with E-state index in [1.807, 2.05) is 0 Å². The summed E-state index contributed by atoms with van der Waals surface area (Å²) in [6.07, 6.45) is 0. The Morgan fingerprint density at radius 1 is 0.909 bits per heavy atom. The molecule has 2 rings (SSSR count). The molecule has 0 spiro atoms. The van der Waals surface area contributed by atoms with Crippen LogP contribution >= 0.6 is 11.8 Å². The standard InChI is InChI=1S/C2H2N8S/c3-1(4-8-7-3)11-2-5-9-10-6-2/h(H,3,4,7,8)(H,5,6,9,10). The van der Waals surface area contributed by atoms with E-state index < -0.39 is 0 Å². The number of rotatable bonds is 2. The van der Waals surface area contributed by atoms with Crippen LogP contribution in [-0.4, -0.2) is 41.2 Å². The molecule has 2 N–H and O–H groups in total. The van der Waals surface area contributed by atoms with Crippen molar-refractivity contribution < 1.29 is 0 Å². The van der Waals surface area contributed by atoms with Gasteiger partial charge in [0, 0.05) is 0 Å². The third-order valence-corrected chi connectivity index (χ3v) is 1.55. The number of hydrogen-bond acceptors (Lipinski definition) is 7. The Bertz CT molecular complexity index is 264. The lowest BCUT2D eigenvalue weighted by molar-refractivity contribution is 0.881. The number of aromatic amines is 2. The summed E-state index contributed by atoms with van der Waals surface area (Å²) in [4.78, 5) is 0. The van der Waals surface area contributed by atoms with Crippen LogP contribution in [-0.2, 0) is 0 Å². The van der Waals surface area contributed by atoms with Gasteiger partial charge < -0.3 is 0 Å². The van der Waals surface area contributed by atoms with E-state index >= 15 is 0 Å². The molecule has 0 bridgehead atoms. The number of nitrogens with one attached hydrogen (secondary N) is 2. The highest BCUT2D eigenvalue weighted by Crippen LogP contribution is 2.16. The van der Waals surface area contributed by atoms with Gasteiger partial charge in [-0.3, -0.25) is 0 Å². The van der Waals surface area contributed by atoms with Crippen LogP contribution in [0.1, 0.15) is 0 Å². The van der Waals surface area contributed by atoms with E-state index in [0.29, 0.717) is 10.3 Å². The highest BCUT2D eigenvalue weighted by atomic mass is 32.2. The molecule has 11 heavy (non-hydrogen) atoms. The molecular formula is C2H2N8S. The lowest BCUT2D eigenvalue weighted by Gasteiger charge is -1.80. The first kappa shape index (κ1) is 6.22. The highest BCUT2D eigenvalue weighted by Gasteiger charge is 2.04. The fraction of sp³-hybridized carbons (Fsp3) is 0. The van der Waals surface area contributed by atoms with E-state index in [4.69, 9.17) is 0 Å². The summed E-state index contributed by atoms with van der Waals surface area (Å²) in [6.45, 7) is 0. The first-order chi connectivity index (χ1) is 5.45. The number of H-pyrrole nitrogens is 2. The van der Waals surface area contributed by atoms with Crippen molar-refractivity contribution in [3.05, 3.63) is 0 Å². The van der Waals surface area contributed by atoms with Crippen LogP contribution in [0.15, 0.2) is 10.3 Å². The Kier molecular flexibility index (Phi) is 1.48. The molecule has 0 saturated carbocycles. The van der Waals surface area contributed by atoms with Gasteiger partial charge in [0.15, 0.2) is 0 Å². The predicted octanol–water partition coefficient (Wildman–Crippen LogP) is -1.14. The molecule has 0 atom stereocenters. The zero-order valence-corrected chi connectivity index (χ0v) is 5.91. The number of tetrazole rings is 2. The maximum absolute atomic E-state index is 3.69. The molecule has 0 amide bonds. The van der Waals surface area contributed by atoms with Crippen molar-refractivity contribution in [1.82, 2.24) is 41.2 Å². The minimum Gasteiger partial charge on any atom is -0.176 e. The van der Waals surface area contributed by atoms with Crippen LogP contribution in [0.5, 0.6) is 0 Å². The van der Waals surface area contributed by atoms with Crippen molar-refractivity contribution in [3.63, 3.8) is 0 Å². The van der Waals surface area contributed by atoms with Gasteiger partial charge in [-0.15, -0.1) is 20.4 Å². The van der Waals surface area contributed by atoms with Gasteiger partial charge in [-0.05, 0) is 22.2 Å². The molecule has 0 aliphatic carbocycles. The third kappa shape index (κ3) is 1.32. The van der Waals surface area contributed by atoms with Gasteiger partial charge >= 0.3 is 0 Å². The fourth-order valence-electron chi connectivity index (χ4n) is 0.473. The Morgan fingerprint density at radius 3 is 1.82 bits per heavy atom. The average Bonchev–Trinajstić information content (AvgIpc) is 2.60. The van der Waals surface area contributed by atoms with E-state index in [2.05, 4.69) is 41.2 Å². The molecule has 0 aromatic carbocycles. The van der Waals surface area contributed by atoms with Gasteiger partial charge in [-0.1, -0.05) is 0 Å². The van der Waals surface area contributed by atoms with Crippen LogP contribution < -0.4 is 0 Å². The quantitative estimate of drug-likeness (QED) is 0.586.